The predicted molar refractivity (Wildman–Crippen MR) is 111 cm³/mol. The Bertz CT molecular complexity index is 1250. The molecule has 30 heavy (non-hydrogen) atoms. The molecule has 8 heteroatoms. The number of carbonyl (C=O) groups excluding carboxylic acids is 2. The lowest BCUT2D eigenvalue weighted by Crippen LogP contribution is -2.17. The van der Waals surface area contributed by atoms with E-state index in [0.717, 1.165) is 15.8 Å². The highest BCUT2D eigenvalue weighted by Gasteiger charge is 2.15. The van der Waals surface area contributed by atoms with Gasteiger partial charge in [0.2, 0.25) is 6.79 Å². The molecule has 0 fully saturated rings. The Labute approximate surface area is 176 Å². The van der Waals surface area contributed by atoms with E-state index >= 15 is 0 Å². The third-order valence-corrected chi connectivity index (χ3v) is 5.50. The van der Waals surface area contributed by atoms with Crippen LogP contribution in [0, 0.1) is 12.3 Å². The standard InChI is InChI=1S/C22H18N2O5S/c1-3-9-24-16-7-6-15(21(26)27-4-2)12-19(16)30-22(24)23-20(25)11-14-5-8-17-18(10-14)29-13-28-17/h1,5-8,10,12H,4,9,11,13H2,2H3. The first-order valence-corrected chi connectivity index (χ1v) is 10.1. The van der Waals surface area contributed by atoms with Crippen LogP contribution in [0.2, 0.25) is 0 Å². The molecule has 0 saturated heterocycles. The maximum absolute atomic E-state index is 12.6. The molecule has 0 saturated carbocycles. The Morgan fingerprint density at radius 3 is 2.87 bits per heavy atom. The van der Waals surface area contributed by atoms with Gasteiger partial charge in [0.15, 0.2) is 16.3 Å². The lowest BCUT2D eigenvalue weighted by Gasteiger charge is -2.03. The van der Waals surface area contributed by atoms with Crippen molar-refractivity contribution in [3.63, 3.8) is 0 Å². The van der Waals surface area contributed by atoms with E-state index in [4.69, 9.17) is 20.6 Å². The summed E-state index contributed by atoms with van der Waals surface area (Å²) < 4.78 is 18.3. The summed E-state index contributed by atoms with van der Waals surface area (Å²) in [6.07, 6.45) is 5.63. The fourth-order valence-electron chi connectivity index (χ4n) is 3.12. The molecule has 0 N–H and O–H groups in total. The Morgan fingerprint density at radius 1 is 1.23 bits per heavy atom. The molecule has 2 aromatic carbocycles. The highest BCUT2D eigenvalue weighted by atomic mass is 32.1. The van der Waals surface area contributed by atoms with Crippen molar-refractivity contribution >= 4 is 33.4 Å². The lowest BCUT2D eigenvalue weighted by atomic mass is 10.1. The third-order valence-electron chi connectivity index (χ3n) is 4.46. The van der Waals surface area contributed by atoms with Crippen LogP contribution in [0.25, 0.3) is 10.2 Å². The first-order chi connectivity index (χ1) is 14.6. The highest BCUT2D eigenvalue weighted by Crippen LogP contribution is 2.32. The number of ether oxygens (including phenoxy) is 3. The van der Waals surface area contributed by atoms with Crippen molar-refractivity contribution < 1.29 is 23.8 Å². The van der Waals surface area contributed by atoms with Crippen LogP contribution in [0.1, 0.15) is 22.8 Å². The minimum absolute atomic E-state index is 0.120. The van der Waals surface area contributed by atoms with Gasteiger partial charge in [0, 0.05) is 0 Å². The molecule has 0 radical (unpaired) electrons. The lowest BCUT2D eigenvalue weighted by molar-refractivity contribution is -0.117. The van der Waals surface area contributed by atoms with E-state index in [-0.39, 0.29) is 25.7 Å². The molecule has 1 amide bonds. The van der Waals surface area contributed by atoms with E-state index in [9.17, 15) is 9.59 Å². The summed E-state index contributed by atoms with van der Waals surface area (Å²) in [5.41, 5.74) is 2.03. The molecule has 0 bridgehead atoms. The SMILES string of the molecule is C#CCn1c(=NC(=O)Cc2ccc3c(c2)OCO3)sc2cc(C(=O)OCC)ccc21. The van der Waals surface area contributed by atoms with Gasteiger partial charge in [0.05, 0.1) is 35.4 Å². The fourth-order valence-corrected chi connectivity index (χ4v) is 4.20. The van der Waals surface area contributed by atoms with Crippen LogP contribution >= 0.6 is 11.3 Å². The molecule has 1 aromatic heterocycles. The van der Waals surface area contributed by atoms with Gasteiger partial charge < -0.3 is 18.8 Å². The predicted octanol–water partition coefficient (Wildman–Crippen LogP) is 2.91. The number of amides is 1. The smallest absolute Gasteiger partial charge is 0.338 e. The van der Waals surface area contributed by atoms with Gasteiger partial charge in [0.25, 0.3) is 5.91 Å². The Morgan fingerprint density at radius 2 is 2.07 bits per heavy atom. The summed E-state index contributed by atoms with van der Waals surface area (Å²) in [4.78, 5) is 29.4. The summed E-state index contributed by atoms with van der Waals surface area (Å²) >= 11 is 1.30. The molecule has 1 aliphatic heterocycles. The highest BCUT2D eigenvalue weighted by molar-refractivity contribution is 7.16. The van der Waals surface area contributed by atoms with Gasteiger partial charge in [-0.15, -0.1) is 6.42 Å². The van der Waals surface area contributed by atoms with Gasteiger partial charge in [-0.2, -0.15) is 4.99 Å². The number of hydrogen-bond donors (Lipinski definition) is 0. The van der Waals surface area contributed by atoms with Gasteiger partial charge in [-0.25, -0.2) is 4.79 Å². The topological polar surface area (TPSA) is 79.1 Å². The van der Waals surface area contributed by atoms with Gasteiger partial charge in [-0.05, 0) is 42.8 Å². The molecule has 0 spiro atoms. The zero-order valence-electron chi connectivity index (χ0n) is 16.2. The molecule has 2 heterocycles. The maximum Gasteiger partial charge on any atom is 0.338 e. The Balaban J connectivity index is 1.66. The summed E-state index contributed by atoms with van der Waals surface area (Å²) in [5, 5.41) is 0. The van der Waals surface area contributed by atoms with Crippen LogP contribution < -0.4 is 14.3 Å². The first-order valence-electron chi connectivity index (χ1n) is 9.29. The molecule has 0 aliphatic carbocycles. The van der Waals surface area contributed by atoms with Crippen molar-refractivity contribution in [2.24, 2.45) is 4.99 Å². The van der Waals surface area contributed by atoms with Crippen LogP contribution in [0.4, 0.5) is 0 Å². The number of hydrogen-bond acceptors (Lipinski definition) is 6. The second kappa shape index (κ2) is 8.43. The number of esters is 1. The van der Waals surface area contributed by atoms with Crippen molar-refractivity contribution in [2.45, 2.75) is 19.9 Å². The third kappa shape index (κ3) is 3.93. The number of carbonyl (C=O) groups is 2. The van der Waals surface area contributed by atoms with Crippen molar-refractivity contribution in [1.29, 1.82) is 0 Å². The molecule has 3 aromatic rings. The van der Waals surface area contributed by atoms with E-state index in [0.29, 0.717) is 28.5 Å². The van der Waals surface area contributed by atoms with E-state index in [1.165, 1.54) is 11.3 Å². The average Bonchev–Trinajstić information content (AvgIpc) is 3.32. The van der Waals surface area contributed by atoms with Crippen molar-refractivity contribution in [3.05, 3.63) is 52.3 Å². The largest absolute Gasteiger partial charge is 0.462 e. The van der Waals surface area contributed by atoms with Crippen LogP contribution in [0.3, 0.4) is 0 Å². The quantitative estimate of drug-likeness (QED) is 0.467. The number of fused-ring (bicyclic) bond motifs is 2. The van der Waals surface area contributed by atoms with Gasteiger partial charge in [0.1, 0.15) is 0 Å². The summed E-state index contributed by atoms with van der Waals surface area (Å²) in [6, 6.07) is 10.6. The molecule has 152 valence electrons. The Kier molecular flexibility index (Phi) is 5.55. The summed E-state index contributed by atoms with van der Waals surface area (Å²) in [6.45, 7) is 2.49. The van der Waals surface area contributed by atoms with Crippen molar-refractivity contribution in [1.82, 2.24) is 4.57 Å². The van der Waals surface area contributed by atoms with Crippen molar-refractivity contribution in [3.8, 4) is 23.8 Å². The second-order valence-electron chi connectivity index (χ2n) is 6.45. The molecule has 7 nitrogen and oxygen atoms in total. The monoisotopic (exact) mass is 422 g/mol. The summed E-state index contributed by atoms with van der Waals surface area (Å²) in [5.74, 6) is 3.17. The minimum atomic E-state index is -0.395. The van der Waals surface area contributed by atoms with Crippen LogP contribution in [0.5, 0.6) is 11.5 Å². The van der Waals surface area contributed by atoms with E-state index in [1.807, 2.05) is 6.07 Å². The van der Waals surface area contributed by atoms with E-state index in [1.54, 1.807) is 41.8 Å². The Hall–Kier alpha value is -3.57. The molecule has 4 rings (SSSR count). The average molecular weight is 422 g/mol. The normalized spacial score (nSPS) is 12.7. The van der Waals surface area contributed by atoms with Crippen LogP contribution in [0.15, 0.2) is 41.4 Å². The minimum Gasteiger partial charge on any atom is -0.462 e. The molecule has 0 atom stereocenters. The number of benzene rings is 2. The number of rotatable bonds is 5. The number of terminal acetylenes is 1. The fraction of sp³-hybridized carbons (Fsp3) is 0.227. The van der Waals surface area contributed by atoms with Gasteiger partial charge >= 0.3 is 5.97 Å². The van der Waals surface area contributed by atoms with Crippen molar-refractivity contribution in [2.75, 3.05) is 13.4 Å². The van der Waals surface area contributed by atoms with Gasteiger partial charge in [-0.3, -0.25) is 4.79 Å². The number of thiazole rings is 1. The van der Waals surface area contributed by atoms with E-state index < -0.39 is 5.97 Å². The first kappa shape index (κ1) is 19.7. The summed E-state index contributed by atoms with van der Waals surface area (Å²) in [7, 11) is 0. The van der Waals surface area contributed by atoms with Gasteiger partial charge in [-0.1, -0.05) is 23.3 Å². The maximum atomic E-state index is 12.6. The van der Waals surface area contributed by atoms with E-state index in [2.05, 4.69) is 10.9 Å². The number of aromatic nitrogens is 1. The van der Waals surface area contributed by atoms with Crippen LogP contribution in [-0.4, -0.2) is 29.8 Å². The zero-order valence-corrected chi connectivity index (χ0v) is 17.0. The second-order valence-corrected chi connectivity index (χ2v) is 7.46. The molecule has 1 aliphatic rings. The molecule has 0 unspecified atom stereocenters. The van der Waals surface area contributed by atoms with Crippen LogP contribution in [-0.2, 0) is 22.5 Å². The zero-order chi connectivity index (χ0) is 21.1. The number of nitrogens with zero attached hydrogens (tertiary/aromatic N) is 2. The molecular weight excluding hydrogens is 404 g/mol. The molecular formula is C22H18N2O5S.